The third-order valence-corrected chi connectivity index (χ3v) is 4.81. The molecule has 1 aliphatic rings. The SMILES string of the molecule is CN=C(NCC(C)Oc1cccc(OC)c1)N1CCN(CC(=O)NCCOC)CC1. The standard InChI is InChI=1S/C21H35N5O4/c1-17(30-19-7-5-6-18(14-19)29-4)15-24-21(22-2)26-11-9-25(10-12-26)16-20(27)23-8-13-28-3/h5-7,14,17H,8-13,15-16H2,1-4H3,(H,22,24)(H,23,27). The number of nitrogens with zero attached hydrogens (tertiary/aromatic N) is 3. The normalized spacial score (nSPS) is 16.1. The number of amides is 1. The number of nitrogens with one attached hydrogen (secondary N) is 2. The Morgan fingerprint density at radius 3 is 2.57 bits per heavy atom. The second-order valence-corrected chi connectivity index (χ2v) is 7.14. The molecule has 0 aromatic heterocycles. The number of ether oxygens (including phenoxy) is 3. The van der Waals surface area contributed by atoms with Crippen LogP contribution in [0.5, 0.6) is 11.5 Å². The molecule has 1 amide bonds. The first-order chi connectivity index (χ1) is 14.5. The molecule has 9 nitrogen and oxygen atoms in total. The monoisotopic (exact) mass is 421 g/mol. The van der Waals surface area contributed by atoms with E-state index < -0.39 is 0 Å². The highest BCUT2D eigenvalue weighted by molar-refractivity contribution is 5.80. The van der Waals surface area contributed by atoms with E-state index in [2.05, 4.69) is 25.4 Å². The lowest BCUT2D eigenvalue weighted by Gasteiger charge is -2.36. The summed E-state index contributed by atoms with van der Waals surface area (Å²) in [5.74, 6) is 2.43. The Bertz CT molecular complexity index is 677. The fraction of sp³-hybridized carbons (Fsp3) is 0.619. The second kappa shape index (κ2) is 12.9. The van der Waals surface area contributed by atoms with Crippen molar-refractivity contribution in [2.24, 2.45) is 4.99 Å². The number of carbonyl (C=O) groups is 1. The Labute approximate surface area is 179 Å². The van der Waals surface area contributed by atoms with Crippen molar-refractivity contribution >= 4 is 11.9 Å². The molecular formula is C21H35N5O4. The summed E-state index contributed by atoms with van der Waals surface area (Å²) >= 11 is 0. The molecule has 0 radical (unpaired) electrons. The molecule has 1 aromatic rings. The number of aliphatic imine (C=N–C) groups is 1. The molecule has 1 saturated heterocycles. The van der Waals surface area contributed by atoms with Crippen molar-refractivity contribution in [3.8, 4) is 11.5 Å². The number of methoxy groups -OCH3 is 2. The van der Waals surface area contributed by atoms with Gasteiger partial charge in [0.2, 0.25) is 5.91 Å². The Balaban J connectivity index is 1.72. The van der Waals surface area contributed by atoms with Gasteiger partial charge in [0.25, 0.3) is 0 Å². The van der Waals surface area contributed by atoms with Gasteiger partial charge >= 0.3 is 0 Å². The van der Waals surface area contributed by atoms with Crippen LogP contribution >= 0.6 is 0 Å². The summed E-state index contributed by atoms with van der Waals surface area (Å²) in [6.45, 7) is 7.39. The topological polar surface area (TPSA) is 87.7 Å². The quantitative estimate of drug-likeness (QED) is 0.322. The highest BCUT2D eigenvalue weighted by atomic mass is 16.5. The number of piperazine rings is 1. The number of hydrogen-bond donors (Lipinski definition) is 2. The molecule has 1 atom stereocenters. The average Bonchev–Trinajstić information content (AvgIpc) is 2.75. The first-order valence-electron chi connectivity index (χ1n) is 10.3. The van der Waals surface area contributed by atoms with Gasteiger partial charge in [-0.05, 0) is 19.1 Å². The Hall–Kier alpha value is -2.52. The van der Waals surface area contributed by atoms with Crippen LogP contribution in [-0.2, 0) is 9.53 Å². The van der Waals surface area contributed by atoms with Gasteiger partial charge in [0.15, 0.2) is 5.96 Å². The fourth-order valence-corrected chi connectivity index (χ4v) is 3.19. The van der Waals surface area contributed by atoms with E-state index in [0.29, 0.717) is 26.2 Å². The predicted octanol–water partition coefficient (Wildman–Crippen LogP) is 0.418. The van der Waals surface area contributed by atoms with E-state index in [-0.39, 0.29) is 12.0 Å². The maximum Gasteiger partial charge on any atom is 0.234 e. The van der Waals surface area contributed by atoms with Crippen LogP contribution in [0, 0.1) is 0 Å². The molecule has 2 N–H and O–H groups in total. The van der Waals surface area contributed by atoms with E-state index in [4.69, 9.17) is 14.2 Å². The maximum absolute atomic E-state index is 11.9. The number of carbonyl (C=O) groups excluding carboxylic acids is 1. The fourth-order valence-electron chi connectivity index (χ4n) is 3.19. The molecule has 30 heavy (non-hydrogen) atoms. The Morgan fingerprint density at radius 2 is 1.90 bits per heavy atom. The zero-order valence-corrected chi connectivity index (χ0v) is 18.5. The summed E-state index contributed by atoms with van der Waals surface area (Å²) in [5, 5.41) is 6.24. The highest BCUT2D eigenvalue weighted by Crippen LogP contribution is 2.19. The number of hydrogen-bond acceptors (Lipinski definition) is 6. The largest absolute Gasteiger partial charge is 0.497 e. The number of guanidine groups is 1. The molecule has 0 spiro atoms. The van der Waals surface area contributed by atoms with Crippen LogP contribution in [0.25, 0.3) is 0 Å². The molecule has 9 heteroatoms. The smallest absolute Gasteiger partial charge is 0.234 e. The lowest BCUT2D eigenvalue weighted by molar-refractivity contribution is -0.122. The van der Waals surface area contributed by atoms with Crippen LogP contribution in [0.4, 0.5) is 0 Å². The van der Waals surface area contributed by atoms with E-state index in [1.807, 2.05) is 31.2 Å². The van der Waals surface area contributed by atoms with E-state index >= 15 is 0 Å². The van der Waals surface area contributed by atoms with Crippen molar-refractivity contribution < 1.29 is 19.0 Å². The van der Waals surface area contributed by atoms with Crippen LogP contribution in [0.3, 0.4) is 0 Å². The molecule has 1 heterocycles. The number of benzene rings is 1. The van der Waals surface area contributed by atoms with Gasteiger partial charge in [-0.1, -0.05) is 6.07 Å². The molecule has 0 aliphatic carbocycles. The van der Waals surface area contributed by atoms with E-state index in [0.717, 1.165) is 43.6 Å². The van der Waals surface area contributed by atoms with Crippen molar-refractivity contribution in [2.75, 3.05) is 73.7 Å². The van der Waals surface area contributed by atoms with Gasteiger partial charge < -0.3 is 29.7 Å². The van der Waals surface area contributed by atoms with Gasteiger partial charge in [-0.2, -0.15) is 0 Å². The molecule has 1 aromatic carbocycles. The molecular weight excluding hydrogens is 386 g/mol. The maximum atomic E-state index is 11.9. The van der Waals surface area contributed by atoms with Crippen molar-refractivity contribution in [2.45, 2.75) is 13.0 Å². The van der Waals surface area contributed by atoms with Crippen molar-refractivity contribution in [3.05, 3.63) is 24.3 Å². The third-order valence-electron chi connectivity index (χ3n) is 4.81. The molecule has 1 fully saturated rings. The van der Waals surface area contributed by atoms with Crippen molar-refractivity contribution in [3.63, 3.8) is 0 Å². The lowest BCUT2D eigenvalue weighted by atomic mass is 10.3. The van der Waals surface area contributed by atoms with Gasteiger partial charge in [-0.3, -0.25) is 14.7 Å². The van der Waals surface area contributed by atoms with Crippen LogP contribution < -0.4 is 20.1 Å². The molecule has 0 bridgehead atoms. The van der Waals surface area contributed by atoms with Crippen molar-refractivity contribution in [1.29, 1.82) is 0 Å². The zero-order valence-electron chi connectivity index (χ0n) is 18.5. The highest BCUT2D eigenvalue weighted by Gasteiger charge is 2.21. The zero-order chi connectivity index (χ0) is 21.8. The second-order valence-electron chi connectivity index (χ2n) is 7.14. The summed E-state index contributed by atoms with van der Waals surface area (Å²) in [6.07, 6.45) is -0.0362. The number of rotatable bonds is 10. The van der Waals surface area contributed by atoms with Gasteiger partial charge in [-0.15, -0.1) is 0 Å². The minimum absolute atomic E-state index is 0.0338. The lowest BCUT2D eigenvalue weighted by Crippen LogP contribution is -2.54. The van der Waals surface area contributed by atoms with Crippen LogP contribution in [0.1, 0.15) is 6.92 Å². The molecule has 0 saturated carbocycles. The summed E-state index contributed by atoms with van der Waals surface area (Å²) in [5.41, 5.74) is 0. The first-order valence-corrected chi connectivity index (χ1v) is 10.3. The van der Waals surface area contributed by atoms with Crippen LogP contribution in [0.2, 0.25) is 0 Å². The van der Waals surface area contributed by atoms with Gasteiger partial charge in [0, 0.05) is 52.9 Å². The van der Waals surface area contributed by atoms with Gasteiger partial charge in [0.05, 0.1) is 26.8 Å². The molecule has 1 aliphatic heterocycles. The van der Waals surface area contributed by atoms with Gasteiger partial charge in [-0.25, -0.2) is 0 Å². The molecule has 1 unspecified atom stereocenters. The average molecular weight is 422 g/mol. The minimum Gasteiger partial charge on any atom is -0.497 e. The van der Waals surface area contributed by atoms with Gasteiger partial charge in [0.1, 0.15) is 17.6 Å². The minimum atomic E-state index is -0.0362. The Morgan fingerprint density at radius 1 is 1.17 bits per heavy atom. The molecule has 2 rings (SSSR count). The Kier molecular flexibility index (Phi) is 10.2. The van der Waals surface area contributed by atoms with Crippen LogP contribution in [-0.4, -0.2) is 101 Å². The predicted molar refractivity (Wildman–Crippen MR) is 117 cm³/mol. The summed E-state index contributed by atoms with van der Waals surface area (Å²) < 4.78 is 16.1. The van der Waals surface area contributed by atoms with E-state index in [9.17, 15) is 4.79 Å². The summed E-state index contributed by atoms with van der Waals surface area (Å²) in [7, 11) is 5.05. The molecule has 168 valence electrons. The van der Waals surface area contributed by atoms with Crippen LogP contribution in [0.15, 0.2) is 29.3 Å². The first kappa shape index (κ1) is 23.8. The van der Waals surface area contributed by atoms with E-state index in [1.165, 1.54) is 0 Å². The summed E-state index contributed by atoms with van der Waals surface area (Å²) in [6, 6.07) is 7.58. The summed E-state index contributed by atoms with van der Waals surface area (Å²) in [4.78, 5) is 20.7. The van der Waals surface area contributed by atoms with E-state index in [1.54, 1.807) is 21.3 Å². The third kappa shape index (κ3) is 8.08. The van der Waals surface area contributed by atoms with Crippen molar-refractivity contribution in [1.82, 2.24) is 20.4 Å².